The van der Waals surface area contributed by atoms with Crippen molar-refractivity contribution in [2.75, 3.05) is 19.7 Å². The van der Waals surface area contributed by atoms with Gasteiger partial charge in [-0.3, -0.25) is 4.90 Å². The van der Waals surface area contributed by atoms with E-state index < -0.39 is 6.09 Å². The molecule has 0 aromatic rings. The van der Waals surface area contributed by atoms with Gasteiger partial charge in [0.2, 0.25) is 0 Å². The van der Waals surface area contributed by atoms with E-state index in [1.165, 1.54) is 4.90 Å². The van der Waals surface area contributed by atoms with E-state index in [1.807, 2.05) is 20.8 Å². The molecule has 0 saturated carbocycles. The minimum Gasteiger partial charge on any atom is -0.465 e. The van der Waals surface area contributed by atoms with Crippen LogP contribution in [-0.4, -0.2) is 57.9 Å². The van der Waals surface area contributed by atoms with Crippen molar-refractivity contribution in [3.8, 4) is 0 Å². The Morgan fingerprint density at radius 2 is 1.89 bits per heavy atom. The molecule has 0 unspecified atom stereocenters. The molecule has 0 aliphatic carbocycles. The van der Waals surface area contributed by atoms with E-state index in [0.717, 1.165) is 0 Å². The molecule has 2 amide bonds. The minimum absolute atomic E-state index is 0.286. The van der Waals surface area contributed by atoms with Gasteiger partial charge in [-0.2, -0.15) is 0 Å². The van der Waals surface area contributed by atoms with Crippen LogP contribution in [0.5, 0.6) is 0 Å². The summed E-state index contributed by atoms with van der Waals surface area (Å²) in [7, 11) is 0. The molecule has 102 valence electrons. The zero-order valence-electron chi connectivity index (χ0n) is 11.1. The molecule has 2 aliphatic heterocycles. The van der Waals surface area contributed by atoms with Crippen molar-refractivity contribution in [1.82, 2.24) is 9.80 Å². The van der Waals surface area contributed by atoms with Crippen molar-refractivity contribution >= 4 is 12.2 Å². The normalized spacial score (nSPS) is 23.4. The molecule has 6 nitrogen and oxygen atoms in total. The highest BCUT2D eigenvalue weighted by Gasteiger charge is 2.53. The smallest absolute Gasteiger partial charge is 0.410 e. The monoisotopic (exact) mass is 256 g/mol. The van der Waals surface area contributed by atoms with E-state index in [1.54, 1.807) is 4.90 Å². The molecule has 2 heterocycles. The van der Waals surface area contributed by atoms with Gasteiger partial charge in [-0.05, 0) is 33.6 Å². The SMILES string of the molecule is CC(C)(C)N1C(=O)OCC12CCN(C(=O)O)CC2. The number of hydrogen-bond donors (Lipinski definition) is 1. The zero-order chi connectivity index (χ0) is 13.6. The summed E-state index contributed by atoms with van der Waals surface area (Å²) in [4.78, 5) is 26.0. The van der Waals surface area contributed by atoms with Crippen LogP contribution in [0.2, 0.25) is 0 Å². The Labute approximate surface area is 106 Å². The van der Waals surface area contributed by atoms with Crippen molar-refractivity contribution in [2.45, 2.75) is 44.7 Å². The molecule has 18 heavy (non-hydrogen) atoms. The van der Waals surface area contributed by atoms with E-state index in [2.05, 4.69) is 0 Å². The van der Waals surface area contributed by atoms with Crippen LogP contribution in [0.3, 0.4) is 0 Å². The number of rotatable bonds is 0. The predicted octanol–water partition coefficient (Wildman–Crippen LogP) is 1.75. The van der Waals surface area contributed by atoms with Gasteiger partial charge < -0.3 is 14.7 Å². The molecule has 2 rings (SSSR count). The fraction of sp³-hybridized carbons (Fsp3) is 0.833. The van der Waals surface area contributed by atoms with Gasteiger partial charge in [0.15, 0.2) is 0 Å². The Hall–Kier alpha value is -1.46. The molecule has 0 atom stereocenters. The molecular formula is C12H20N2O4. The van der Waals surface area contributed by atoms with Crippen LogP contribution in [0.15, 0.2) is 0 Å². The second-order valence-corrected chi connectivity index (χ2v) is 6.05. The second kappa shape index (κ2) is 4.03. The van der Waals surface area contributed by atoms with E-state index >= 15 is 0 Å². The summed E-state index contributed by atoms with van der Waals surface area (Å²) < 4.78 is 5.20. The summed E-state index contributed by atoms with van der Waals surface area (Å²) in [5, 5.41) is 8.96. The lowest BCUT2D eigenvalue weighted by Gasteiger charge is -2.47. The predicted molar refractivity (Wildman–Crippen MR) is 64.5 cm³/mol. The van der Waals surface area contributed by atoms with Crippen LogP contribution >= 0.6 is 0 Å². The van der Waals surface area contributed by atoms with Crippen LogP contribution in [0.4, 0.5) is 9.59 Å². The fourth-order valence-corrected chi connectivity index (χ4v) is 2.99. The average molecular weight is 256 g/mol. The number of piperidine rings is 1. The highest BCUT2D eigenvalue weighted by molar-refractivity contribution is 5.72. The Morgan fingerprint density at radius 3 is 2.33 bits per heavy atom. The van der Waals surface area contributed by atoms with Crippen molar-refractivity contribution < 1.29 is 19.4 Å². The summed E-state index contributed by atoms with van der Waals surface area (Å²) in [6, 6.07) is 0. The molecule has 1 N–H and O–H groups in total. The first kappa shape index (κ1) is 13.0. The first-order valence-electron chi connectivity index (χ1n) is 6.21. The molecule has 0 aromatic carbocycles. The second-order valence-electron chi connectivity index (χ2n) is 6.05. The third-order valence-corrected chi connectivity index (χ3v) is 3.76. The Kier molecular flexibility index (Phi) is 2.91. The number of cyclic esters (lactones) is 1. The van der Waals surface area contributed by atoms with E-state index in [0.29, 0.717) is 32.5 Å². The maximum Gasteiger partial charge on any atom is 0.410 e. The summed E-state index contributed by atoms with van der Waals surface area (Å²) in [6.45, 7) is 7.22. The molecule has 2 saturated heterocycles. The number of likely N-dealkylation sites (tertiary alicyclic amines) is 1. The third-order valence-electron chi connectivity index (χ3n) is 3.76. The minimum atomic E-state index is -0.891. The number of ether oxygens (including phenoxy) is 1. The molecule has 2 aliphatic rings. The summed E-state index contributed by atoms with van der Waals surface area (Å²) in [6.07, 6.45) is 0.105. The summed E-state index contributed by atoms with van der Waals surface area (Å²) in [5.74, 6) is 0. The number of hydrogen-bond acceptors (Lipinski definition) is 3. The van der Waals surface area contributed by atoms with Gasteiger partial charge in [0.05, 0.1) is 5.54 Å². The van der Waals surface area contributed by atoms with Crippen molar-refractivity contribution in [2.24, 2.45) is 0 Å². The van der Waals surface area contributed by atoms with Gasteiger partial charge in [0.1, 0.15) is 6.61 Å². The summed E-state index contributed by atoms with van der Waals surface area (Å²) in [5.41, 5.74) is -0.639. The van der Waals surface area contributed by atoms with Gasteiger partial charge >= 0.3 is 12.2 Å². The standard InChI is InChI=1S/C12H20N2O4/c1-11(2,3)14-10(17)18-8-12(14)4-6-13(7-5-12)9(15)16/h4-8H2,1-3H3,(H,15,16). The molecular weight excluding hydrogens is 236 g/mol. The Bertz CT molecular complexity index is 367. The number of amides is 2. The Morgan fingerprint density at radius 1 is 1.33 bits per heavy atom. The van der Waals surface area contributed by atoms with E-state index in [-0.39, 0.29) is 17.2 Å². The Balaban J connectivity index is 2.17. The summed E-state index contributed by atoms with van der Waals surface area (Å²) >= 11 is 0. The molecule has 1 spiro atoms. The average Bonchev–Trinajstić information content (AvgIpc) is 2.56. The maximum atomic E-state index is 11.9. The van der Waals surface area contributed by atoms with Gasteiger partial charge in [-0.15, -0.1) is 0 Å². The number of carbonyl (C=O) groups is 2. The lowest BCUT2D eigenvalue weighted by Crippen LogP contribution is -2.60. The lowest BCUT2D eigenvalue weighted by atomic mass is 9.84. The van der Waals surface area contributed by atoms with Crippen molar-refractivity contribution in [3.63, 3.8) is 0 Å². The third kappa shape index (κ3) is 2.00. The van der Waals surface area contributed by atoms with Crippen molar-refractivity contribution in [1.29, 1.82) is 0 Å². The van der Waals surface area contributed by atoms with Gasteiger partial charge in [-0.1, -0.05) is 0 Å². The van der Waals surface area contributed by atoms with Crippen LogP contribution in [-0.2, 0) is 4.74 Å². The number of carbonyl (C=O) groups excluding carboxylic acids is 1. The van der Waals surface area contributed by atoms with Crippen molar-refractivity contribution in [3.05, 3.63) is 0 Å². The quantitative estimate of drug-likeness (QED) is 0.716. The van der Waals surface area contributed by atoms with Gasteiger partial charge in [0.25, 0.3) is 0 Å². The zero-order valence-corrected chi connectivity index (χ0v) is 11.1. The van der Waals surface area contributed by atoms with Crippen LogP contribution in [0, 0.1) is 0 Å². The molecule has 6 heteroatoms. The lowest BCUT2D eigenvalue weighted by molar-refractivity contribution is 0.0282. The highest BCUT2D eigenvalue weighted by atomic mass is 16.6. The van der Waals surface area contributed by atoms with Gasteiger partial charge in [0, 0.05) is 18.6 Å². The topological polar surface area (TPSA) is 70.1 Å². The molecule has 0 aromatic heterocycles. The van der Waals surface area contributed by atoms with E-state index in [9.17, 15) is 9.59 Å². The number of nitrogens with zero attached hydrogens (tertiary/aromatic N) is 2. The van der Waals surface area contributed by atoms with Crippen LogP contribution in [0.25, 0.3) is 0 Å². The first-order valence-corrected chi connectivity index (χ1v) is 6.21. The maximum absolute atomic E-state index is 11.9. The first-order chi connectivity index (χ1) is 8.26. The van der Waals surface area contributed by atoms with Crippen LogP contribution < -0.4 is 0 Å². The molecule has 2 fully saturated rings. The molecule has 0 bridgehead atoms. The number of carboxylic acid groups (broad SMARTS) is 1. The highest BCUT2D eigenvalue weighted by Crippen LogP contribution is 2.39. The van der Waals surface area contributed by atoms with E-state index in [4.69, 9.17) is 9.84 Å². The largest absolute Gasteiger partial charge is 0.465 e. The van der Waals surface area contributed by atoms with Crippen LogP contribution in [0.1, 0.15) is 33.6 Å². The fourth-order valence-electron chi connectivity index (χ4n) is 2.99. The molecule has 0 radical (unpaired) electrons. The van der Waals surface area contributed by atoms with Gasteiger partial charge in [-0.25, -0.2) is 9.59 Å².